The van der Waals surface area contributed by atoms with E-state index in [1.165, 1.54) is 0 Å². The molecule has 0 amide bonds. The highest BCUT2D eigenvalue weighted by atomic mass is 19.4. The van der Waals surface area contributed by atoms with Crippen molar-refractivity contribution in [3.63, 3.8) is 0 Å². The van der Waals surface area contributed by atoms with Crippen LogP contribution in [0.3, 0.4) is 0 Å². The lowest BCUT2D eigenvalue weighted by Gasteiger charge is -2.09. The third-order valence-electron chi connectivity index (χ3n) is 3.31. The highest BCUT2D eigenvalue weighted by Crippen LogP contribution is 2.39. The van der Waals surface area contributed by atoms with Gasteiger partial charge in [-0.2, -0.15) is 18.3 Å². The summed E-state index contributed by atoms with van der Waals surface area (Å²) in [5.74, 6) is -2.38. The molecule has 20 heavy (non-hydrogen) atoms. The Hall–Kier alpha value is -1.86. The molecule has 0 fully saturated rings. The predicted octanol–water partition coefficient (Wildman–Crippen LogP) is 2.14. The molecule has 0 bridgehead atoms. The van der Waals surface area contributed by atoms with Crippen molar-refractivity contribution in [3.8, 4) is 0 Å². The van der Waals surface area contributed by atoms with Gasteiger partial charge >= 0.3 is 12.1 Å². The van der Waals surface area contributed by atoms with Crippen LogP contribution in [0.5, 0.6) is 0 Å². The molecule has 110 valence electrons. The Morgan fingerprint density at radius 2 is 2.15 bits per heavy atom. The van der Waals surface area contributed by atoms with Gasteiger partial charge < -0.3 is 5.11 Å². The standard InChI is InChI=1S/C12H13F3N2O3/c1-2-3-6-4-7-9(10(6)20)11(12(13,14)15)16-17(7)5-8(18)19/h6H,2-5H2,1H3,(H,18,19). The van der Waals surface area contributed by atoms with Gasteiger partial charge in [0.1, 0.15) is 6.54 Å². The van der Waals surface area contributed by atoms with Gasteiger partial charge in [0.25, 0.3) is 0 Å². The Morgan fingerprint density at radius 1 is 1.50 bits per heavy atom. The summed E-state index contributed by atoms with van der Waals surface area (Å²) in [6.45, 7) is 1.16. The molecule has 1 N–H and O–H groups in total. The number of alkyl halides is 3. The Morgan fingerprint density at radius 3 is 2.65 bits per heavy atom. The molecule has 0 aliphatic heterocycles. The van der Waals surface area contributed by atoms with Crippen molar-refractivity contribution in [2.75, 3.05) is 0 Å². The van der Waals surface area contributed by atoms with Gasteiger partial charge in [0.05, 0.1) is 11.3 Å². The molecule has 1 aliphatic carbocycles. The highest BCUT2D eigenvalue weighted by molar-refractivity contribution is 6.03. The lowest BCUT2D eigenvalue weighted by Crippen LogP contribution is -2.18. The normalized spacial score (nSPS) is 18.4. The molecule has 1 aliphatic rings. The van der Waals surface area contributed by atoms with Gasteiger partial charge in [-0.1, -0.05) is 13.3 Å². The number of aliphatic carboxylic acids is 1. The summed E-state index contributed by atoms with van der Waals surface area (Å²) in [5, 5.41) is 12.0. The van der Waals surface area contributed by atoms with Gasteiger partial charge in [-0.05, 0) is 6.42 Å². The number of hydrogen-bond donors (Lipinski definition) is 1. The van der Waals surface area contributed by atoms with Crippen LogP contribution in [0.15, 0.2) is 0 Å². The van der Waals surface area contributed by atoms with Gasteiger partial charge in [0, 0.05) is 12.3 Å². The second kappa shape index (κ2) is 4.92. The number of fused-ring (bicyclic) bond motifs is 1. The fraction of sp³-hybridized carbons (Fsp3) is 0.583. The van der Waals surface area contributed by atoms with Crippen molar-refractivity contribution in [1.82, 2.24) is 9.78 Å². The molecular weight excluding hydrogens is 277 g/mol. The van der Waals surface area contributed by atoms with Crippen molar-refractivity contribution >= 4 is 11.8 Å². The van der Waals surface area contributed by atoms with E-state index in [0.717, 1.165) is 4.68 Å². The van der Waals surface area contributed by atoms with Crippen molar-refractivity contribution in [2.45, 2.75) is 38.9 Å². The summed E-state index contributed by atoms with van der Waals surface area (Å²) in [7, 11) is 0. The van der Waals surface area contributed by atoms with Gasteiger partial charge in [-0.15, -0.1) is 0 Å². The van der Waals surface area contributed by atoms with Crippen LogP contribution < -0.4 is 0 Å². The largest absolute Gasteiger partial charge is 0.480 e. The van der Waals surface area contributed by atoms with Crippen molar-refractivity contribution in [1.29, 1.82) is 0 Å². The van der Waals surface area contributed by atoms with E-state index in [4.69, 9.17) is 5.11 Å². The van der Waals surface area contributed by atoms with Crippen LogP contribution in [-0.2, 0) is 23.9 Å². The molecule has 1 aromatic heterocycles. The number of carboxylic acids is 1. The van der Waals surface area contributed by atoms with Gasteiger partial charge in [-0.25, -0.2) is 0 Å². The van der Waals surface area contributed by atoms with E-state index < -0.39 is 41.6 Å². The van der Waals surface area contributed by atoms with Crippen LogP contribution in [0.2, 0.25) is 0 Å². The van der Waals surface area contributed by atoms with Gasteiger partial charge in [0.2, 0.25) is 0 Å². The average Bonchev–Trinajstić information content (AvgIpc) is 2.79. The zero-order valence-electron chi connectivity index (χ0n) is 10.7. The minimum Gasteiger partial charge on any atom is -0.480 e. The molecule has 1 atom stereocenters. The second-order valence-electron chi connectivity index (χ2n) is 4.77. The Kier molecular flexibility index (Phi) is 3.58. The SMILES string of the molecule is CCCC1Cc2c(c(C(F)(F)F)nn2CC(=O)O)C1=O. The van der Waals surface area contributed by atoms with Crippen LogP contribution in [0, 0.1) is 5.92 Å². The molecule has 1 unspecified atom stereocenters. The maximum absolute atomic E-state index is 12.9. The first-order valence-corrected chi connectivity index (χ1v) is 6.18. The monoisotopic (exact) mass is 290 g/mol. The summed E-state index contributed by atoms with van der Waals surface area (Å²) < 4.78 is 39.5. The molecule has 0 saturated heterocycles. The number of aromatic nitrogens is 2. The van der Waals surface area contributed by atoms with Gasteiger partial charge in [-0.3, -0.25) is 14.3 Å². The molecule has 0 spiro atoms. The first-order chi connectivity index (χ1) is 9.25. The van der Waals surface area contributed by atoms with Crippen molar-refractivity contribution in [3.05, 3.63) is 17.0 Å². The molecule has 0 aromatic carbocycles. The third kappa shape index (κ3) is 2.41. The number of carboxylic acid groups (broad SMARTS) is 1. The molecule has 0 saturated carbocycles. The molecule has 1 aromatic rings. The topological polar surface area (TPSA) is 72.2 Å². The minimum absolute atomic E-state index is 0.0863. The van der Waals surface area contributed by atoms with Crippen LogP contribution in [0.4, 0.5) is 13.2 Å². The Bertz CT molecular complexity index is 563. The fourth-order valence-electron chi connectivity index (χ4n) is 2.53. The van der Waals surface area contributed by atoms with E-state index in [2.05, 4.69) is 5.10 Å². The Balaban J connectivity index is 2.49. The number of hydrogen-bond acceptors (Lipinski definition) is 3. The molecule has 8 heteroatoms. The van der Waals surface area contributed by atoms with E-state index in [1.54, 1.807) is 0 Å². The van der Waals surface area contributed by atoms with E-state index in [9.17, 15) is 22.8 Å². The molecule has 0 radical (unpaired) electrons. The number of Topliss-reactive ketones (excluding diaryl/α,β-unsaturated/α-hetero) is 1. The summed E-state index contributed by atoms with van der Waals surface area (Å²) in [6.07, 6.45) is -3.48. The molecular formula is C12H13F3N2O3. The van der Waals surface area contributed by atoms with E-state index in [0.29, 0.717) is 12.8 Å². The maximum Gasteiger partial charge on any atom is 0.435 e. The fourth-order valence-corrected chi connectivity index (χ4v) is 2.53. The zero-order valence-corrected chi connectivity index (χ0v) is 10.7. The minimum atomic E-state index is -4.76. The second-order valence-corrected chi connectivity index (χ2v) is 4.77. The van der Waals surface area contributed by atoms with E-state index >= 15 is 0 Å². The molecule has 5 nitrogen and oxygen atoms in total. The summed E-state index contributed by atoms with van der Waals surface area (Å²) in [5.41, 5.74) is -1.63. The van der Waals surface area contributed by atoms with Crippen molar-refractivity contribution < 1.29 is 27.9 Å². The van der Waals surface area contributed by atoms with Gasteiger partial charge in [0.15, 0.2) is 11.5 Å². The van der Waals surface area contributed by atoms with E-state index in [-0.39, 0.29) is 12.1 Å². The number of ketones is 1. The number of rotatable bonds is 4. The number of halogens is 3. The first kappa shape index (κ1) is 14.5. The van der Waals surface area contributed by atoms with Crippen LogP contribution >= 0.6 is 0 Å². The molecule has 1 heterocycles. The highest BCUT2D eigenvalue weighted by Gasteiger charge is 2.46. The quantitative estimate of drug-likeness (QED) is 0.922. The number of carbonyl (C=O) groups is 2. The number of nitrogens with zero attached hydrogens (tertiary/aromatic N) is 2. The number of carbonyl (C=O) groups excluding carboxylic acids is 1. The summed E-state index contributed by atoms with van der Waals surface area (Å²) in [6, 6.07) is 0. The summed E-state index contributed by atoms with van der Waals surface area (Å²) in [4.78, 5) is 22.7. The lowest BCUT2D eigenvalue weighted by atomic mass is 9.99. The van der Waals surface area contributed by atoms with Crippen LogP contribution in [0.25, 0.3) is 0 Å². The third-order valence-corrected chi connectivity index (χ3v) is 3.31. The smallest absolute Gasteiger partial charge is 0.435 e. The van der Waals surface area contributed by atoms with Crippen molar-refractivity contribution in [2.24, 2.45) is 5.92 Å². The average molecular weight is 290 g/mol. The zero-order chi connectivity index (χ0) is 15.1. The van der Waals surface area contributed by atoms with Crippen LogP contribution in [-0.4, -0.2) is 26.6 Å². The molecule has 2 rings (SSSR count). The summed E-state index contributed by atoms with van der Waals surface area (Å²) >= 11 is 0. The maximum atomic E-state index is 12.9. The van der Waals surface area contributed by atoms with Crippen LogP contribution in [0.1, 0.15) is 41.5 Å². The first-order valence-electron chi connectivity index (χ1n) is 6.18. The Labute approximate surface area is 112 Å². The van der Waals surface area contributed by atoms with E-state index in [1.807, 2.05) is 6.92 Å². The predicted molar refractivity (Wildman–Crippen MR) is 61.3 cm³/mol. The lowest BCUT2D eigenvalue weighted by molar-refractivity contribution is -0.143.